The van der Waals surface area contributed by atoms with Crippen LogP contribution >= 0.6 is 0 Å². The number of carbonyl (C=O) groups is 2. The third kappa shape index (κ3) is 3.35. The SMILES string of the molecule is O=C1CCCN1c1cccc(OCC(=O)N2CCOC3CCCC32)c1. The molecular weight excluding hydrogens is 320 g/mol. The predicted octanol–water partition coefficient (Wildman–Crippen LogP) is 1.97. The lowest BCUT2D eigenvalue weighted by Crippen LogP contribution is -2.52. The number of nitrogens with zero attached hydrogens (tertiary/aromatic N) is 2. The van der Waals surface area contributed by atoms with Crippen LogP contribution in [0.1, 0.15) is 32.1 Å². The highest BCUT2D eigenvalue weighted by atomic mass is 16.5. The highest BCUT2D eigenvalue weighted by Gasteiger charge is 2.38. The van der Waals surface area contributed by atoms with Crippen LogP contribution in [0.2, 0.25) is 0 Å². The van der Waals surface area contributed by atoms with Crippen molar-refractivity contribution in [2.45, 2.75) is 44.2 Å². The van der Waals surface area contributed by atoms with Gasteiger partial charge in [0.25, 0.3) is 5.91 Å². The minimum Gasteiger partial charge on any atom is -0.484 e. The summed E-state index contributed by atoms with van der Waals surface area (Å²) in [6.45, 7) is 2.03. The normalized spacial score (nSPS) is 26.0. The van der Waals surface area contributed by atoms with Gasteiger partial charge in [-0.2, -0.15) is 0 Å². The first-order valence-electron chi connectivity index (χ1n) is 9.17. The largest absolute Gasteiger partial charge is 0.484 e. The molecule has 4 rings (SSSR count). The Morgan fingerprint density at radius 3 is 3.00 bits per heavy atom. The summed E-state index contributed by atoms with van der Waals surface area (Å²) in [7, 11) is 0. The molecule has 0 N–H and O–H groups in total. The number of hydrogen-bond donors (Lipinski definition) is 0. The lowest BCUT2D eigenvalue weighted by atomic mass is 10.1. The molecule has 1 saturated carbocycles. The van der Waals surface area contributed by atoms with Gasteiger partial charge in [0.1, 0.15) is 5.75 Å². The Bertz CT molecular complexity index is 663. The van der Waals surface area contributed by atoms with Crippen LogP contribution in [0, 0.1) is 0 Å². The van der Waals surface area contributed by atoms with Crippen LogP contribution in [0.5, 0.6) is 5.75 Å². The average Bonchev–Trinajstić information content (AvgIpc) is 3.28. The Morgan fingerprint density at radius 1 is 1.24 bits per heavy atom. The van der Waals surface area contributed by atoms with Crippen molar-refractivity contribution in [1.82, 2.24) is 4.90 Å². The number of ether oxygens (including phenoxy) is 2. The topological polar surface area (TPSA) is 59.1 Å². The second-order valence-electron chi connectivity index (χ2n) is 6.93. The van der Waals surface area contributed by atoms with Crippen molar-refractivity contribution in [3.8, 4) is 5.75 Å². The van der Waals surface area contributed by atoms with Gasteiger partial charge in [0, 0.05) is 31.3 Å². The van der Waals surface area contributed by atoms with Gasteiger partial charge in [-0.1, -0.05) is 6.07 Å². The summed E-state index contributed by atoms with van der Waals surface area (Å²) in [5.74, 6) is 0.790. The van der Waals surface area contributed by atoms with E-state index in [0.717, 1.165) is 37.9 Å². The molecule has 0 bridgehead atoms. The molecule has 2 heterocycles. The van der Waals surface area contributed by atoms with Crippen molar-refractivity contribution in [1.29, 1.82) is 0 Å². The fraction of sp³-hybridized carbons (Fsp3) is 0.579. The molecule has 2 atom stereocenters. The number of anilines is 1. The molecule has 2 saturated heterocycles. The summed E-state index contributed by atoms with van der Waals surface area (Å²) < 4.78 is 11.5. The standard InChI is InChI=1S/C19H24N2O4/c22-18-8-3-9-20(18)14-4-1-5-15(12-14)25-13-19(23)21-10-11-24-17-7-2-6-16(17)21/h1,4-5,12,16-17H,2-3,6-11,13H2. The van der Waals surface area contributed by atoms with E-state index in [1.807, 2.05) is 29.2 Å². The summed E-state index contributed by atoms with van der Waals surface area (Å²) in [6, 6.07) is 7.65. The van der Waals surface area contributed by atoms with E-state index >= 15 is 0 Å². The van der Waals surface area contributed by atoms with E-state index in [9.17, 15) is 9.59 Å². The highest BCUT2D eigenvalue weighted by Crippen LogP contribution is 2.30. The molecule has 6 heteroatoms. The maximum Gasteiger partial charge on any atom is 0.260 e. The first kappa shape index (κ1) is 16.4. The van der Waals surface area contributed by atoms with Crippen molar-refractivity contribution < 1.29 is 19.1 Å². The van der Waals surface area contributed by atoms with Crippen LogP contribution in [0.3, 0.4) is 0 Å². The number of morpholine rings is 1. The van der Waals surface area contributed by atoms with Crippen LogP contribution in [-0.2, 0) is 14.3 Å². The average molecular weight is 344 g/mol. The molecule has 1 aromatic carbocycles. The Labute approximate surface area is 147 Å². The molecule has 1 aliphatic carbocycles. The number of amides is 2. The van der Waals surface area contributed by atoms with E-state index in [1.165, 1.54) is 0 Å². The lowest BCUT2D eigenvalue weighted by Gasteiger charge is -2.37. The molecular formula is C19H24N2O4. The maximum atomic E-state index is 12.6. The van der Waals surface area contributed by atoms with Gasteiger partial charge in [0.15, 0.2) is 6.61 Å². The fourth-order valence-corrected chi connectivity index (χ4v) is 4.13. The Kier molecular flexibility index (Phi) is 4.61. The molecule has 134 valence electrons. The Balaban J connectivity index is 1.38. The Hall–Kier alpha value is -2.08. The zero-order valence-electron chi connectivity index (χ0n) is 14.4. The molecule has 2 unspecified atom stereocenters. The summed E-state index contributed by atoms with van der Waals surface area (Å²) in [5, 5.41) is 0. The second kappa shape index (κ2) is 7.04. The third-order valence-corrected chi connectivity index (χ3v) is 5.37. The van der Waals surface area contributed by atoms with Crippen LogP contribution in [0.25, 0.3) is 0 Å². The zero-order chi connectivity index (χ0) is 17.2. The van der Waals surface area contributed by atoms with Crippen LogP contribution in [-0.4, -0.2) is 55.2 Å². The van der Waals surface area contributed by atoms with Gasteiger partial charge < -0.3 is 19.3 Å². The van der Waals surface area contributed by atoms with Gasteiger partial charge in [-0.05, 0) is 37.8 Å². The number of fused-ring (bicyclic) bond motifs is 1. The van der Waals surface area contributed by atoms with Crippen LogP contribution in [0.15, 0.2) is 24.3 Å². The summed E-state index contributed by atoms with van der Waals surface area (Å²) in [4.78, 5) is 28.2. The van der Waals surface area contributed by atoms with Gasteiger partial charge in [0.2, 0.25) is 5.91 Å². The van der Waals surface area contributed by atoms with Crippen molar-refractivity contribution in [2.24, 2.45) is 0 Å². The smallest absolute Gasteiger partial charge is 0.260 e. The first-order chi connectivity index (χ1) is 12.2. The number of hydrogen-bond acceptors (Lipinski definition) is 4. The molecule has 2 aliphatic heterocycles. The molecule has 0 spiro atoms. The van der Waals surface area contributed by atoms with Crippen molar-refractivity contribution in [3.63, 3.8) is 0 Å². The van der Waals surface area contributed by atoms with Crippen LogP contribution < -0.4 is 9.64 Å². The molecule has 1 aromatic rings. The quantitative estimate of drug-likeness (QED) is 0.838. The van der Waals surface area contributed by atoms with Gasteiger partial charge in [-0.25, -0.2) is 0 Å². The van der Waals surface area contributed by atoms with Crippen LogP contribution in [0.4, 0.5) is 5.69 Å². The van der Waals surface area contributed by atoms with Crippen molar-refractivity contribution in [3.05, 3.63) is 24.3 Å². The monoisotopic (exact) mass is 344 g/mol. The fourth-order valence-electron chi connectivity index (χ4n) is 4.13. The molecule has 3 aliphatic rings. The summed E-state index contributed by atoms with van der Waals surface area (Å²) in [6.07, 6.45) is 4.86. The summed E-state index contributed by atoms with van der Waals surface area (Å²) in [5.41, 5.74) is 0.842. The number of benzene rings is 1. The molecule has 0 aromatic heterocycles. The minimum absolute atomic E-state index is 0.0165. The molecule has 3 fully saturated rings. The lowest BCUT2D eigenvalue weighted by molar-refractivity contribution is -0.146. The third-order valence-electron chi connectivity index (χ3n) is 5.37. The molecule has 2 amide bonds. The zero-order valence-corrected chi connectivity index (χ0v) is 14.4. The number of carbonyl (C=O) groups excluding carboxylic acids is 2. The Morgan fingerprint density at radius 2 is 2.16 bits per heavy atom. The highest BCUT2D eigenvalue weighted by molar-refractivity contribution is 5.95. The number of rotatable bonds is 4. The van der Waals surface area contributed by atoms with E-state index in [0.29, 0.717) is 25.3 Å². The van der Waals surface area contributed by atoms with E-state index in [2.05, 4.69) is 0 Å². The van der Waals surface area contributed by atoms with Crippen molar-refractivity contribution >= 4 is 17.5 Å². The van der Waals surface area contributed by atoms with Gasteiger partial charge in [-0.15, -0.1) is 0 Å². The minimum atomic E-state index is 0.0165. The second-order valence-corrected chi connectivity index (χ2v) is 6.93. The van der Waals surface area contributed by atoms with E-state index in [1.54, 1.807) is 4.90 Å². The first-order valence-corrected chi connectivity index (χ1v) is 9.17. The molecule has 0 radical (unpaired) electrons. The van der Waals surface area contributed by atoms with Crippen molar-refractivity contribution in [2.75, 3.05) is 31.2 Å². The molecule has 6 nitrogen and oxygen atoms in total. The molecule has 25 heavy (non-hydrogen) atoms. The van der Waals surface area contributed by atoms with E-state index in [4.69, 9.17) is 9.47 Å². The van der Waals surface area contributed by atoms with Gasteiger partial charge in [0.05, 0.1) is 18.8 Å². The van der Waals surface area contributed by atoms with Gasteiger partial charge >= 0.3 is 0 Å². The predicted molar refractivity (Wildman–Crippen MR) is 92.6 cm³/mol. The maximum absolute atomic E-state index is 12.6. The van der Waals surface area contributed by atoms with E-state index < -0.39 is 0 Å². The van der Waals surface area contributed by atoms with E-state index in [-0.39, 0.29) is 30.6 Å². The van der Waals surface area contributed by atoms with Gasteiger partial charge in [-0.3, -0.25) is 9.59 Å². The summed E-state index contributed by atoms with van der Waals surface area (Å²) >= 11 is 0.